The summed E-state index contributed by atoms with van der Waals surface area (Å²) < 4.78 is 0. The second-order valence-electron chi connectivity index (χ2n) is 6.45. The second-order valence-corrected chi connectivity index (χ2v) is 7.68. The number of carbonyl (C=O) groups excluding carboxylic acids is 1. The van der Waals surface area contributed by atoms with Gasteiger partial charge in [-0.05, 0) is 36.7 Å². The molecule has 0 amide bonds. The van der Waals surface area contributed by atoms with Crippen molar-refractivity contribution in [3.63, 3.8) is 0 Å². The van der Waals surface area contributed by atoms with Gasteiger partial charge < -0.3 is 5.11 Å². The van der Waals surface area contributed by atoms with Crippen molar-refractivity contribution in [3.8, 4) is 0 Å². The first-order valence-corrected chi connectivity index (χ1v) is 10.2. The minimum absolute atomic E-state index is 0.0432. The molecule has 0 bridgehead atoms. The molecule has 26 heavy (non-hydrogen) atoms. The van der Waals surface area contributed by atoms with E-state index in [9.17, 15) is 14.7 Å². The third-order valence-electron chi connectivity index (χ3n) is 4.92. The predicted molar refractivity (Wildman–Crippen MR) is 108 cm³/mol. The molecule has 2 atom stereocenters. The Morgan fingerprint density at radius 1 is 1.19 bits per heavy atom. The number of thioether (sulfide) groups is 1. The maximum atomic E-state index is 12.8. The first-order valence-electron chi connectivity index (χ1n) is 9.21. The van der Waals surface area contributed by atoms with Crippen molar-refractivity contribution in [3.05, 3.63) is 47.0 Å². The number of carboxylic acid groups (broad SMARTS) is 1. The van der Waals surface area contributed by atoms with Crippen molar-refractivity contribution >= 4 is 28.6 Å². The van der Waals surface area contributed by atoms with Crippen LogP contribution < -0.4 is 0 Å². The fourth-order valence-corrected chi connectivity index (χ4v) is 4.48. The van der Waals surface area contributed by atoms with Gasteiger partial charge in [0.25, 0.3) is 0 Å². The topological polar surface area (TPSA) is 66.7 Å². The summed E-state index contributed by atoms with van der Waals surface area (Å²) >= 11 is 1.23. The van der Waals surface area contributed by atoms with Gasteiger partial charge in [-0.3, -0.25) is 14.6 Å². The van der Waals surface area contributed by atoms with E-state index >= 15 is 0 Å². The zero-order valence-corrected chi connectivity index (χ0v) is 16.7. The van der Waals surface area contributed by atoms with E-state index in [1.54, 1.807) is 0 Å². The summed E-state index contributed by atoms with van der Waals surface area (Å²) in [5.74, 6) is -0.264. The highest BCUT2D eigenvalue weighted by Gasteiger charge is 2.50. The van der Waals surface area contributed by atoms with E-state index in [-0.39, 0.29) is 11.2 Å². The summed E-state index contributed by atoms with van der Waals surface area (Å²) in [5.41, 5.74) is 1.46. The van der Waals surface area contributed by atoms with Crippen LogP contribution in [0.1, 0.15) is 52.5 Å². The predicted octanol–water partition coefficient (Wildman–Crippen LogP) is 4.74. The fraction of sp³-hybridized carbons (Fsp3) is 0.476. The number of carboxylic acids is 1. The van der Waals surface area contributed by atoms with Crippen LogP contribution in [0, 0.1) is 5.41 Å². The molecule has 0 radical (unpaired) electrons. The third-order valence-corrected chi connectivity index (χ3v) is 5.69. The lowest BCUT2D eigenvalue weighted by atomic mass is 9.66. The molecule has 0 aliphatic carbocycles. The van der Waals surface area contributed by atoms with Crippen molar-refractivity contribution in [2.45, 2.75) is 53.0 Å². The summed E-state index contributed by atoms with van der Waals surface area (Å²) in [4.78, 5) is 30.1. The van der Waals surface area contributed by atoms with E-state index in [1.807, 2.05) is 58.0 Å². The van der Waals surface area contributed by atoms with Crippen LogP contribution in [0.5, 0.6) is 0 Å². The number of hydrogen-bond donors (Lipinski definition) is 1. The van der Waals surface area contributed by atoms with Gasteiger partial charge in [-0.2, -0.15) is 0 Å². The molecule has 140 valence electrons. The number of rotatable bonds is 7. The summed E-state index contributed by atoms with van der Waals surface area (Å²) in [6.07, 6.45) is 1.74. The van der Waals surface area contributed by atoms with Gasteiger partial charge in [0.2, 0.25) is 5.12 Å². The molecule has 4 nitrogen and oxygen atoms in total. The lowest BCUT2D eigenvalue weighted by molar-refractivity contribution is -0.143. The zero-order chi connectivity index (χ0) is 19.3. The molecule has 1 N–H and O–H groups in total. The third kappa shape index (κ3) is 3.50. The SMILES string of the molecule is CCCC1=C(C(=O)SCC)C(C)N=C(c2ccccc2)C1(CC)C(=O)O. The Kier molecular flexibility index (Phi) is 6.81. The van der Waals surface area contributed by atoms with E-state index in [1.165, 1.54) is 11.8 Å². The normalized spacial score (nSPS) is 22.9. The number of aliphatic carboxylic acids is 1. The highest BCUT2D eigenvalue weighted by molar-refractivity contribution is 8.14. The van der Waals surface area contributed by atoms with E-state index in [0.29, 0.717) is 29.9 Å². The summed E-state index contributed by atoms with van der Waals surface area (Å²) in [6.45, 7) is 7.71. The molecule has 0 aromatic heterocycles. The molecular weight excluding hydrogens is 346 g/mol. The zero-order valence-electron chi connectivity index (χ0n) is 15.9. The van der Waals surface area contributed by atoms with Gasteiger partial charge in [0.15, 0.2) is 0 Å². The minimum atomic E-state index is -1.25. The summed E-state index contributed by atoms with van der Waals surface area (Å²) in [6, 6.07) is 9.15. The molecule has 1 aromatic carbocycles. The van der Waals surface area contributed by atoms with Gasteiger partial charge in [-0.1, -0.05) is 69.3 Å². The van der Waals surface area contributed by atoms with Gasteiger partial charge in [0.05, 0.1) is 11.8 Å². The number of dihydropyridines is 1. The van der Waals surface area contributed by atoms with E-state index < -0.39 is 11.4 Å². The number of aliphatic imine (C=N–C) groups is 1. The Balaban J connectivity index is 2.77. The largest absolute Gasteiger partial charge is 0.480 e. The van der Waals surface area contributed by atoms with E-state index in [2.05, 4.69) is 0 Å². The number of carbonyl (C=O) groups is 2. The van der Waals surface area contributed by atoms with Crippen molar-refractivity contribution < 1.29 is 14.7 Å². The molecule has 2 rings (SSSR count). The van der Waals surface area contributed by atoms with Crippen LogP contribution in [-0.2, 0) is 9.59 Å². The van der Waals surface area contributed by atoms with Gasteiger partial charge in [-0.25, -0.2) is 0 Å². The molecule has 0 saturated carbocycles. The first-order chi connectivity index (χ1) is 12.4. The van der Waals surface area contributed by atoms with E-state index in [4.69, 9.17) is 4.99 Å². The highest BCUT2D eigenvalue weighted by atomic mass is 32.2. The Morgan fingerprint density at radius 3 is 2.35 bits per heavy atom. The lowest BCUT2D eigenvalue weighted by Gasteiger charge is -2.39. The lowest BCUT2D eigenvalue weighted by Crippen LogP contribution is -2.46. The maximum absolute atomic E-state index is 12.8. The fourth-order valence-electron chi connectivity index (χ4n) is 3.77. The van der Waals surface area contributed by atoms with Crippen LogP contribution >= 0.6 is 11.8 Å². The Hall–Kier alpha value is -1.88. The average Bonchev–Trinajstić information content (AvgIpc) is 2.62. The smallest absolute Gasteiger partial charge is 0.319 e. The van der Waals surface area contributed by atoms with Crippen LogP contribution in [-0.4, -0.2) is 33.7 Å². The van der Waals surface area contributed by atoms with E-state index in [0.717, 1.165) is 17.6 Å². The molecule has 1 heterocycles. The summed E-state index contributed by atoms with van der Waals surface area (Å²) in [5, 5.41) is 10.3. The van der Waals surface area contributed by atoms with Crippen molar-refractivity contribution in [2.24, 2.45) is 10.4 Å². The van der Waals surface area contributed by atoms with Gasteiger partial charge in [0.1, 0.15) is 5.41 Å². The van der Waals surface area contributed by atoms with Crippen LogP contribution in [0.4, 0.5) is 0 Å². The first kappa shape index (κ1) is 20.4. The molecule has 2 unspecified atom stereocenters. The summed E-state index contributed by atoms with van der Waals surface area (Å²) in [7, 11) is 0. The maximum Gasteiger partial charge on any atom is 0.319 e. The second kappa shape index (κ2) is 8.67. The van der Waals surface area contributed by atoms with Crippen molar-refractivity contribution in [1.82, 2.24) is 0 Å². The number of nitrogens with zero attached hydrogens (tertiary/aromatic N) is 1. The number of hydrogen-bond acceptors (Lipinski definition) is 4. The molecule has 5 heteroatoms. The van der Waals surface area contributed by atoms with Crippen molar-refractivity contribution in [1.29, 1.82) is 0 Å². The van der Waals surface area contributed by atoms with Crippen molar-refractivity contribution in [2.75, 3.05) is 5.75 Å². The Labute approximate surface area is 159 Å². The highest BCUT2D eigenvalue weighted by Crippen LogP contribution is 2.45. The Bertz CT molecular complexity index is 739. The molecular formula is C21H27NO3S. The number of benzene rings is 1. The van der Waals surface area contributed by atoms with Crippen LogP contribution in [0.25, 0.3) is 0 Å². The molecule has 0 spiro atoms. The molecule has 0 saturated heterocycles. The average molecular weight is 374 g/mol. The monoisotopic (exact) mass is 373 g/mol. The van der Waals surface area contributed by atoms with Gasteiger partial charge in [-0.15, -0.1) is 0 Å². The molecule has 0 fully saturated rings. The Morgan fingerprint density at radius 2 is 1.85 bits per heavy atom. The van der Waals surface area contributed by atoms with Gasteiger partial charge >= 0.3 is 5.97 Å². The van der Waals surface area contributed by atoms with Gasteiger partial charge in [0, 0.05) is 5.57 Å². The molecule has 1 aromatic rings. The molecule has 1 aliphatic heterocycles. The van der Waals surface area contributed by atoms with Crippen LogP contribution in [0.3, 0.4) is 0 Å². The molecule has 1 aliphatic rings. The van der Waals surface area contributed by atoms with Crippen LogP contribution in [0.15, 0.2) is 46.5 Å². The quantitative estimate of drug-likeness (QED) is 0.750. The minimum Gasteiger partial charge on any atom is -0.480 e. The standard InChI is InChI=1S/C21H27NO3S/c1-5-11-16-17(19(23)26-7-3)14(4)22-18(15-12-9-8-10-13-15)21(16,6-2)20(24)25/h8-10,12-14H,5-7,11H2,1-4H3,(H,24,25). The van der Waals surface area contributed by atoms with Crippen LogP contribution in [0.2, 0.25) is 0 Å².